The summed E-state index contributed by atoms with van der Waals surface area (Å²) in [6, 6.07) is 2.02. The highest BCUT2D eigenvalue weighted by Crippen LogP contribution is 2.22. The summed E-state index contributed by atoms with van der Waals surface area (Å²) in [4.78, 5) is 8.89. The van der Waals surface area contributed by atoms with Gasteiger partial charge in [-0.1, -0.05) is 20.8 Å². The second-order valence-corrected chi connectivity index (χ2v) is 5.77. The first kappa shape index (κ1) is 15.7. The average Bonchev–Trinajstić information content (AvgIpc) is 2.34. The number of nitrogen functional groups attached to an aromatic ring is 1. The van der Waals surface area contributed by atoms with Gasteiger partial charge in [-0.05, 0) is 19.8 Å². The fraction of sp³-hybridized carbons (Fsp3) is 0.692. The first-order valence-electron chi connectivity index (χ1n) is 6.60. The number of anilines is 2. The molecule has 0 fully saturated rings. The molecule has 6 heteroatoms. The number of hydrogen-bond acceptors (Lipinski definition) is 6. The molecule has 0 aliphatic heterocycles. The molecule has 1 unspecified atom stereocenters. The normalized spacial score (nSPS) is 13.2. The molecule has 0 radical (unpaired) electrons. The molecule has 19 heavy (non-hydrogen) atoms. The summed E-state index contributed by atoms with van der Waals surface area (Å²) in [5.74, 6) is 7.52. The highest BCUT2D eigenvalue weighted by Gasteiger charge is 2.19. The Morgan fingerprint density at radius 2 is 1.95 bits per heavy atom. The third kappa shape index (κ3) is 5.00. The molecule has 1 heterocycles. The Hall–Kier alpha value is -1.40. The number of nitrogens with one attached hydrogen (secondary N) is 2. The Kier molecular flexibility index (Phi) is 5.50. The quantitative estimate of drug-likeness (QED) is 0.462. The van der Waals surface area contributed by atoms with E-state index in [9.17, 15) is 0 Å². The van der Waals surface area contributed by atoms with E-state index >= 15 is 0 Å². The van der Waals surface area contributed by atoms with Crippen molar-refractivity contribution in [1.29, 1.82) is 0 Å². The van der Waals surface area contributed by atoms with Gasteiger partial charge in [0.2, 0.25) is 0 Å². The predicted molar refractivity (Wildman–Crippen MR) is 77.9 cm³/mol. The fourth-order valence-electron chi connectivity index (χ4n) is 1.65. The first-order valence-corrected chi connectivity index (χ1v) is 6.60. The topological polar surface area (TPSA) is 96.1 Å². The van der Waals surface area contributed by atoms with Crippen LogP contribution in [0.2, 0.25) is 0 Å². The molecular weight excluding hydrogens is 242 g/mol. The minimum Gasteiger partial charge on any atom is -0.396 e. The first-order chi connectivity index (χ1) is 8.86. The Morgan fingerprint density at radius 1 is 1.32 bits per heavy atom. The summed E-state index contributed by atoms with van der Waals surface area (Å²) < 4.78 is 0. The Morgan fingerprint density at radius 3 is 2.47 bits per heavy atom. The molecule has 0 spiro atoms. The monoisotopic (exact) mass is 267 g/mol. The molecule has 1 rings (SSSR count). The molecule has 0 bridgehead atoms. The van der Waals surface area contributed by atoms with E-state index in [4.69, 9.17) is 10.9 Å². The molecule has 1 aromatic heterocycles. The Balaban J connectivity index is 2.88. The van der Waals surface area contributed by atoms with Crippen LogP contribution in [0.4, 0.5) is 11.6 Å². The van der Waals surface area contributed by atoms with Crippen LogP contribution in [0.1, 0.15) is 46.4 Å². The Labute approximate surface area is 114 Å². The minimum absolute atomic E-state index is 0.141. The molecule has 0 aliphatic carbocycles. The number of hydrazine groups is 1. The summed E-state index contributed by atoms with van der Waals surface area (Å²) in [7, 11) is 0. The maximum atomic E-state index is 8.83. The van der Waals surface area contributed by atoms with E-state index in [-0.39, 0.29) is 18.1 Å². The van der Waals surface area contributed by atoms with Gasteiger partial charge in [-0.15, -0.1) is 0 Å². The Bertz CT molecular complexity index is 403. The van der Waals surface area contributed by atoms with Crippen molar-refractivity contribution in [3.05, 3.63) is 11.9 Å². The van der Waals surface area contributed by atoms with Crippen molar-refractivity contribution in [1.82, 2.24) is 9.97 Å². The smallest absolute Gasteiger partial charge is 0.145 e. The van der Waals surface area contributed by atoms with Crippen LogP contribution in [0.15, 0.2) is 6.07 Å². The molecule has 0 saturated carbocycles. The minimum atomic E-state index is -0.141. The number of aliphatic hydroxyl groups excluding tert-OH is 1. The van der Waals surface area contributed by atoms with Crippen molar-refractivity contribution >= 4 is 11.6 Å². The summed E-state index contributed by atoms with van der Waals surface area (Å²) in [5, 5.41) is 12.1. The van der Waals surface area contributed by atoms with Crippen LogP contribution >= 0.6 is 0 Å². The van der Waals surface area contributed by atoms with Crippen molar-refractivity contribution < 1.29 is 5.11 Å². The number of hydrogen-bond donors (Lipinski definition) is 4. The van der Waals surface area contributed by atoms with E-state index in [0.29, 0.717) is 5.82 Å². The maximum absolute atomic E-state index is 8.83. The highest BCUT2D eigenvalue weighted by molar-refractivity contribution is 5.47. The maximum Gasteiger partial charge on any atom is 0.145 e. The third-order valence-corrected chi connectivity index (χ3v) is 2.73. The van der Waals surface area contributed by atoms with Crippen molar-refractivity contribution in [2.24, 2.45) is 5.84 Å². The van der Waals surface area contributed by atoms with Crippen LogP contribution in [-0.4, -0.2) is 27.7 Å². The van der Waals surface area contributed by atoms with Crippen molar-refractivity contribution in [3.8, 4) is 0 Å². The van der Waals surface area contributed by atoms with Crippen LogP contribution in [0, 0.1) is 0 Å². The summed E-state index contributed by atoms with van der Waals surface area (Å²) >= 11 is 0. The molecule has 5 N–H and O–H groups in total. The third-order valence-electron chi connectivity index (χ3n) is 2.73. The summed E-state index contributed by atoms with van der Waals surface area (Å²) in [6.45, 7) is 8.44. The lowest BCUT2D eigenvalue weighted by atomic mass is 9.96. The van der Waals surface area contributed by atoms with E-state index in [0.717, 1.165) is 24.5 Å². The van der Waals surface area contributed by atoms with Crippen molar-refractivity contribution in [3.63, 3.8) is 0 Å². The molecule has 0 aliphatic rings. The van der Waals surface area contributed by atoms with Gasteiger partial charge in [0, 0.05) is 24.1 Å². The molecule has 0 saturated heterocycles. The van der Waals surface area contributed by atoms with Crippen LogP contribution in [-0.2, 0) is 5.41 Å². The van der Waals surface area contributed by atoms with Gasteiger partial charge >= 0.3 is 0 Å². The number of aromatic nitrogens is 2. The second kappa shape index (κ2) is 6.68. The molecule has 0 aromatic carbocycles. The number of nitrogens with zero attached hydrogens (tertiary/aromatic N) is 2. The lowest BCUT2D eigenvalue weighted by Crippen LogP contribution is -2.22. The standard InChI is InChI=1S/C13H25N5O/c1-9(6-5-7-19)15-10-8-11(18-14)17-12(16-10)13(2,3)4/h8-9,19H,5-7,14H2,1-4H3,(H2,15,16,17,18). The van der Waals surface area contributed by atoms with E-state index < -0.39 is 0 Å². The zero-order valence-corrected chi connectivity index (χ0v) is 12.2. The van der Waals surface area contributed by atoms with Crippen LogP contribution in [0.25, 0.3) is 0 Å². The van der Waals surface area contributed by atoms with Crippen LogP contribution < -0.4 is 16.6 Å². The van der Waals surface area contributed by atoms with Crippen molar-refractivity contribution in [2.75, 3.05) is 17.3 Å². The van der Waals surface area contributed by atoms with E-state index in [1.165, 1.54) is 0 Å². The van der Waals surface area contributed by atoms with Gasteiger partial charge in [-0.25, -0.2) is 15.8 Å². The zero-order valence-electron chi connectivity index (χ0n) is 12.2. The van der Waals surface area contributed by atoms with Crippen molar-refractivity contribution in [2.45, 2.75) is 52.0 Å². The fourth-order valence-corrected chi connectivity index (χ4v) is 1.65. The largest absolute Gasteiger partial charge is 0.396 e. The molecular formula is C13H25N5O. The summed E-state index contributed by atoms with van der Waals surface area (Å²) in [6.07, 6.45) is 1.66. The lowest BCUT2D eigenvalue weighted by molar-refractivity contribution is 0.282. The molecule has 108 valence electrons. The number of rotatable bonds is 6. The number of aliphatic hydroxyl groups is 1. The van der Waals surface area contributed by atoms with Gasteiger partial charge in [0.05, 0.1) is 0 Å². The average molecular weight is 267 g/mol. The van der Waals surface area contributed by atoms with E-state index in [1.54, 1.807) is 6.07 Å². The van der Waals surface area contributed by atoms with Gasteiger partial charge in [-0.2, -0.15) is 0 Å². The predicted octanol–water partition coefficient (Wildman–Crippen LogP) is 1.63. The van der Waals surface area contributed by atoms with Gasteiger partial charge < -0.3 is 15.8 Å². The second-order valence-electron chi connectivity index (χ2n) is 5.77. The molecule has 1 atom stereocenters. The van der Waals surface area contributed by atoms with Gasteiger partial charge in [0.1, 0.15) is 17.5 Å². The molecule has 1 aromatic rings. The van der Waals surface area contributed by atoms with Gasteiger partial charge in [-0.3, -0.25) is 0 Å². The van der Waals surface area contributed by atoms with Gasteiger partial charge in [0.25, 0.3) is 0 Å². The van der Waals surface area contributed by atoms with Gasteiger partial charge in [0.15, 0.2) is 0 Å². The highest BCUT2D eigenvalue weighted by atomic mass is 16.2. The lowest BCUT2D eigenvalue weighted by Gasteiger charge is -2.20. The SMILES string of the molecule is CC(CCCO)Nc1cc(NN)nc(C(C)(C)C)n1. The van der Waals surface area contributed by atoms with Crippen LogP contribution in [0.5, 0.6) is 0 Å². The zero-order chi connectivity index (χ0) is 14.5. The number of nitrogens with two attached hydrogens (primary N) is 1. The molecule has 6 nitrogen and oxygen atoms in total. The molecule has 0 amide bonds. The van der Waals surface area contributed by atoms with E-state index in [2.05, 4.69) is 48.4 Å². The van der Waals surface area contributed by atoms with Crippen LogP contribution in [0.3, 0.4) is 0 Å². The van der Waals surface area contributed by atoms with E-state index in [1.807, 2.05) is 0 Å². The summed E-state index contributed by atoms with van der Waals surface area (Å²) in [5.41, 5.74) is 2.42.